The van der Waals surface area contributed by atoms with E-state index in [0.717, 1.165) is 34.7 Å². The van der Waals surface area contributed by atoms with E-state index in [4.69, 9.17) is 26.4 Å². The number of carbonyl (C=O) groups excluding carboxylic acids is 1. The highest BCUT2D eigenvalue weighted by molar-refractivity contribution is 7.80. The molecule has 7 heteroatoms. The van der Waals surface area contributed by atoms with Gasteiger partial charge in [-0.2, -0.15) is 0 Å². The van der Waals surface area contributed by atoms with E-state index in [1.165, 1.54) is 0 Å². The summed E-state index contributed by atoms with van der Waals surface area (Å²) < 4.78 is 16.6. The van der Waals surface area contributed by atoms with Crippen molar-refractivity contribution in [2.75, 3.05) is 19.0 Å². The zero-order chi connectivity index (χ0) is 21.9. The average molecular weight is 429 g/mol. The Labute approximate surface area is 182 Å². The highest BCUT2D eigenvalue weighted by atomic mass is 32.1. The molecule has 1 aliphatic rings. The molecule has 1 aliphatic heterocycles. The number of methoxy groups -OCH3 is 1. The fourth-order valence-electron chi connectivity index (χ4n) is 3.50. The van der Waals surface area contributed by atoms with Crippen LogP contribution in [-0.2, 0) is 4.74 Å². The minimum atomic E-state index is -0.355. The normalized spacial score (nSPS) is 16.6. The summed E-state index contributed by atoms with van der Waals surface area (Å²) in [5.74, 6) is 1.18. The molecule has 0 aliphatic carbocycles. The first-order chi connectivity index (χ1) is 14.2. The molecule has 0 fully saturated rings. The number of ether oxygens (including phenoxy) is 3. The van der Waals surface area contributed by atoms with Crippen LogP contribution in [0.4, 0.5) is 5.69 Å². The summed E-state index contributed by atoms with van der Waals surface area (Å²) >= 11 is 5.59. The molecule has 6 nitrogen and oxygen atoms in total. The smallest absolute Gasteiger partial charge is 0.338 e. The van der Waals surface area contributed by atoms with Gasteiger partial charge in [0.25, 0.3) is 0 Å². The van der Waals surface area contributed by atoms with E-state index >= 15 is 0 Å². The third kappa shape index (κ3) is 5.02. The molecule has 1 heterocycles. The fourth-order valence-corrected chi connectivity index (χ4v) is 3.75. The van der Waals surface area contributed by atoms with Gasteiger partial charge in [-0.25, -0.2) is 4.79 Å². The first-order valence-corrected chi connectivity index (χ1v) is 10.4. The minimum Gasteiger partial charge on any atom is -0.497 e. The molecular weight excluding hydrogens is 400 g/mol. The van der Waals surface area contributed by atoms with Crippen molar-refractivity contribution in [2.45, 2.75) is 45.8 Å². The molecule has 1 atom stereocenters. The Bertz CT molecular complexity index is 958. The second-order valence-corrected chi connectivity index (χ2v) is 8.28. The summed E-state index contributed by atoms with van der Waals surface area (Å²) in [7, 11) is 1.64. The zero-order valence-electron chi connectivity index (χ0n) is 18.0. The van der Waals surface area contributed by atoms with Crippen molar-refractivity contribution < 1.29 is 19.0 Å². The molecule has 30 heavy (non-hydrogen) atoms. The average Bonchev–Trinajstić information content (AvgIpc) is 2.68. The Kier molecular flexibility index (Phi) is 6.51. The summed E-state index contributed by atoms with van der Waals surface area (Å²) in [5.41, 5.74) is 2.89. The lowest BCUT2D eigenvalue weighted by Gasteiger charge is -2.38. The number of nitrogens with one attached hydrogen (secondary N) is 2. The number of aryl methyl sites for hydroxylation is 1. The standard InChI is InChI=1S/C23H28N2O4S/c1-6-28-21(26)15-8-7-14(2)18(11-15)24-22(30)25-19-13-23(3,4)29-20-12-16(27-5)9-10-17(19)20/h7-12,19H,6,13H2,1-5H3,(H2,24,25,30). The van der Waals surface area contributed by atoms with Crippen molar-refractivity contribution in [2.24, 2.45) is 0 Å². The van der Waals surface area contributed by atoms with Crippen LogP contribution in [0.1, 0.15) is 54.7 Å². The molecule has 0 bridgehead atoms. The largest absolute Gasteiger partial charge is 0.497 e. The fraction of sp³-hybridized carbons (Fsp3) is 0.391. The van der Waals surface area contributed by atoms with Gasteiger partial charge in [0.1, 0.15) is 17.1 Å². The van der Waals surface area contributed by atoms with Crippen molar-refractivity contribution >= 4 is 29.0 Å². The Morgan fingerprint density at radius 3 is 2.73 bits per heavy atom. The van der Waals surface area contributed by atoms with Gasteiger partial charge in [0.05, 0.1) is 25.3 Å². The maximum Gasteiger partial charge on any atom is 0.338 e. The van der Waals surface area contributed by atoms with Gasteiger partial charge in [-0.05, 0) is 69.7 Å². The van der Waals surface area contributed by atoms with Crippen LogP contribution >= 0.6 is 12.2 Å². The Morgan fingerprint density at radius 1 is 1.27 bits per heavy atom. The second kappa shape index (κ2) is 8.92. The van der Waals surface area contributed by atoms with Gasteiger partial charge in [0.2, 0.25) is 0 Å². The van der Waals surface area contributed by atoms with E-state index in [1.54, 1.807) is 26.2 Å². The maximum absolute atomic E-state index is 12.0. The van der Waals surface area contributed by atoms with Gasteiger partial charge in [0.15, 0.2) is 5.11 Å². The molecule has 2 aromatic carbocycles. The third-order valence-electron chi connectivity index (χ3n) is 4.98. The topological polar surface area (TPSA) is 68.8 Å². The summed E-state index contributed by atoms with van der Waals surface area (Å²) in [5, 5.41) is 7.10. The molecule has 0 spiro atoms. The Balaban J connectivity index is 1.78. The van der Waals surface area contributed by atoms with Gasteiger partial charge in [-0.1, -0.05) is 6.07 Å². The van der Waals surface area contributed by atoms with Crippen LogP contribution in [0.3, 0.4) is 0 Å². The predicted molar refractivity (Wildman–Crippen MR) is 122 cm³/mol. The number of hydrogen-bond donors (Lipinski definition) is 2. The van der Waals surface area contributed by atoms with E-state index in [-0.39, 0.29) is 17.6 Å². The van der Waals surface area contributed by atoms with Gasteiger partial charge in [0, 0.05) is 23.7 Å². The van der Waals surface area contributed by atoms with E-state index in [0.29, 0.717) is 17.3 Å². The quantitative estimate of drug-likeness (QED) is 0.525. The lowest BCUT2D eigenvalue weighted by molar-refractivity contribution is 0.0526. The molecule has 160 valence electrons. The molecule has 0 aromatic heterocycles. The molecule has 2 aromatic rings. The molecular formula is C23H28N2O4S. The lowest BCUT2D eigenvalue weighted by atomic mass is 9.89. The van der Waals surface area contributed by atoms with Crippen LogP contribution < -0.4 is 20.1 Å². The van der Waals surface area contributed by atoms with Crippen LogP contribution in [-0.4, -0.2) is 30.4 Å². The summed E-state index contributed by atoms with van der Waals surface area (Å²) in [6.45, 7) is 8.17. The molecule has 0 saturated heterocycles. The molecule has 0 amide bonds. The number of thiocarbonyl (C=S) groups is 1. The van der Waals surface area contributed by atoms with Crippen LogP contribution in [0.25, 0.3) is 0 Å². The van der Waals surface area contributed by atoms with Gasteiger partial charge in [-0.15, -0.1) is 0 Å². The summed E-state index contributed by atoms with van der Waals surface area (Å²) in [4.78, 5) is 12.0. The number of carbonyl (C=O) groups is 1. The third-order valence-corrected chi connectivity index (χ3v) is 5.20. The highest BCUT2D eigenvalue weighted by Gasteiger charge is 2.34. The number of anilines is 1. The maximum atomic E-state index is 12.0. The minimum absolute atomic E-state index is 0.0248. The van der Waals surface area contributed by atoms with Crippen LogP contribution in [0.2, 0.25) is 0 Å². The van der Waals surface area contributed by atoms with E-state index < -0.39 is 0 Å². The van der Waals surface area contributed by atoms with Crippen molar-refractivity contribution in [1.29, 1.82) is 0 Å². The van der Waals surface area contributed by atoms with Crippen LogP contribution in [0.5, 0.6) is 11.5 Å². The number of fused-ring (bicyclic) bond motifs is 1. The van der Waals surface area contributed by atoms with Gasteiger partial charge in [-0.3, -0.25) is 0 Å². The predicted octanol–water partition coefficient (Wildman–Crippen LogP) is 4.77. The van der Waals surface area contributed by atoms with Crippen LogP contribution in [0.15, 0.2) is 36.4 Å². The summed E-state index contributed by atoms with van der Waals surface area (Å²) in [6.07, 6.45) is 0.746. The van der Waals surface area contributed by atoms with E-state index in [1.807, 2.05) is 45.0 Å². The second-order valence-electron chi connectivity index (χ2n) is 7.87. The van der Waals surface area contributed by atoms with Crippen molar-refractivity contribution in [3.8, 4) is 11.5 Å². The first kappa shape index (κ1) is 21.9. The highest BCUT2D eigenvalue weighted by Crippen LogP contribution is 2.41. The van der Waals surface area contributed by atoms with E-state index in [9.17, 15) is 4.79 Å². The number of hydrogen-bond acceptors (Lipinski definition) is 5. The number of rotatable bonds is 5. The van der Waals surface area contributed by atoms with Crippen molar-refractivity contribution in [1.82, 2.24) is 5.32 Å². The zero-order valence-corrected chi connectivity index (χ0v) is 18.8. The molecule has 1 unspecified atom stereocenters. The first-order valence-electron chi connectivity index (χ1n) is 9.94. The lowest BCUT2D eigenvalue weighted by Crippen LogP contribution is -2.42. The van der Waals surface area contributed by atoms with Crippen molar-refractivity contribution in [3.63, 3.8) is 0 Å². The Hall–Kier alpha value is -2.80. The van der Waals surface area contributed by atoms with Crippen molar-refractivity contribution in [3.05, 3.63) is 53.1 Å². The molecule has 2 N–H and O–H groups in total. The number of benzene rings is 2. The van der Waals surface area contributed by atoms with E-state index in [2.05, 4.69) is 10.6 Å². The Morgan fingerprint density at radius 2 is 2.03 bits per heavy atom. The monoisotopic (exact) mass is 428 g/mol. The van der Waals surface area contributed by atoms with Crippen LogP contribution in [0, 0.1) is 6.92 Å². The van der Waals surface area contributed by atoms with Gasteiger partial charge >= 0.3 is 5.97 Å². The molecule has 0 saturated carbocycles. The van der Waals surface area contributed by atoms with Gasteiger partial charge < -0.3 is 24.8 Å². The number of esters is 1. The molecule has 3 rings (SSSR count). The molecule has 0 radical (unpaired) electrons. The summed E-state index contributed by atoms with van der Waals surface area (Å²) in [6, 6.07) is 11.2. The SMILES string of the molecule is CCOC(=O)c1ccc(C)c(NC(=S)NC2CC(C)(C)Oc3cc(OC)ccc32)c1.